The second-order valence-electron chi connectivity index (χ2n) is 3.95. The van der Waals surface area contributed by atoms with E-state index in [1.54, 1.807) is 0 Å². The van der Waals surface area contributed by atoms with Crippen molar-refractivity contribution in [1.29, 1.82) is 0 Å². The molecule has 0 aromatic heterocycles. The summed E-state index contributed by atoms with van der Waals surface area (Å²) in [6.07, 6.45) is 8.62. The molecule has 0 unspecified atom stereocenters. The molecule has 0 aromatic carbocycles. The van der Waals surface area contributed by atoms with E-state index in [2.05, 4.69) is 0 Å². The normalized spacial score (nSPS) is 27.5. The summed E-state index contributed by atoms with van der Waals surface area (Å²) in [5.74, 6) is 0.502. The van der Waals surface area contributed by atoms with Crippen molar-refractivity contribution in [3.8, 4) is 0 Å². The first-order chi connectivity index (χ1) is 4.81. The zero-order chi connectivity index (χ0) is 7.03. The Kier molecular flexibility index (Phi) is 2.58. The molecule has 1 nitrogen and oxygen atoms in total. The summed E-state index contributed by atoms with van der Waals surface area (Å²) >= 11 is 0. The predicted molar refractivity (Wildman–Crippen MR) is 47.0 cm³/mol. The van der Waals surface area contributed by atoms with Crippen molar-refractivity contribution in [1.82, 2.24) is 0 Å². The minimum atomic E-state index is 0. The Bertz CT molecular complexity index is 149. The summed E-state index contributed by atoms with van der Waals surface area (Å²) in [6, 6.07) is 0. The second-order valence-corrected chi connectivity index (χ2v) is 3.95. The SMILES string of the molecule is Cl.O=C1CC2(CCCCC2)C1. The van der Waals surface area contributed by atoms with Gasteiger partial charge in [-0.15, -0.1) is 12.4 Å². The summed E-state index contributed by atoms with van der Waals surface area (Å²) < 4.78 is 0. The lowest BCUT2D eigenvalue weighted by Crippen LogP contribution is -2.38. The molecule has 0 atom stereocenters. The molecular formula is C9H15ClO. The van der Waals surface area contributed by atoms with E-state index in [1.807, 2.05) is 0 Å². The summed E-state index contributed by atoms with van der Waals surface area (Å²) in [5, 5.41) is 0. The maximum Gasteiger partial charge on any atom is 0.134 e. The highest BCUT2D eigenvalue weighted by atomic mass is 35.5. The van der Waals surface area contributed by atoms with Gasteiger partial charge in [-0.3, -0.25) is 4.79 Å². The first kappa shape index (κ1) is 9.05. The fourth-order valence-electron chi connectivity index (χ4n) is 2.44. The number of hydrogen-bond acceptors (Lipinski definition) is 1. The van der Waals surface area contributed by atoms with Crippen LogP contribution in [-0.4, -0.2) is 5.78 Å². The molecule has 2 aliphatic carbocycles. The van der Waals surface area contributed by atoms with E-state index < -0.39 is 0 Å². The Morgan fingerprint density at radius 3 is 2.00 bits per heavy atom. The first-order valence-corrected chi connectivity index (χ1v) is 4.33. The summed E-state index contributed by atoms with van der Waals surface area (Å²) in [7, 11) is 0. The van der Waals surface area contributed by atoms with Crippen molar-refractivity contribution in [3.05, 3.63) is 0 Å². The standard InChI is InChI=1S/C9H14O.ClH/c10-8-6-9(7-8)4-2-1-3-5-9;/h1-7H2;1H. The van der Waals surface area contributed by atoms with Gasteiger partial charge >= 0.3 is 0 Å². The van der Waals surface area contributed by atoms with Crippen LogP contribution in [0.4, 0.5) is 0 Å². The molecular weight excluding hydrogens is 160 g/mol. The molecule has 64 valence electrons. The van der Waals surface area contributed by atoms with Crippen molar-refractivity contribution < 1.29 is 4.79 Å². The number of Topliss-reactive ketones (excluding diaryl/α,β-unsaturated/α-hetero) is 1. The molecule has 0 aliphatic heterocycles. The van der Waals surface area contributed by atoms with Gasteiger partial charge in [0.1, 0.15) is 5.78 Å². The largest absolute Gasteiger partial charge is 0.300 e. The van der Waals surface area contributed by atoms with Gasteiger partial charge in [-0.1, -0.05) is 19.3 Å². The topological polar surface area (TPSA) is 17.1 Å². The molecule has 2 rings (SSSR count). The molecule has 0 saturated heterocycles. The predicted octanol–water partition coefficient (Wildman–Crippen LogP) is 2.72. The first-order valence-electron chi connectivity index (χ1n) is 4.33. The lowest BCUT2D eigenvalue weighted by atomic mass is 9.60. The smallest absolute Gasteiger partial charge is 0.134 e. The van der Waals surface area contributed by atoms with E-state index in [0.717, 1.165) is 12.8 Å². The van der Waals surface area contributed by atoms with Gasteiger partial charge in [0.2, 0.25) is 0 Å². The molecule has 2 heteroatoms. The van der Waals surface area contributed by atoms with Gasteiger partial charge in [0.05, 0.1) is 0 Å². The quantitative estimate of drug-likeness (QED) is 0.552. The molecule has 0 aromatic rings. The van der Waals surface area contributed by atoms with Crippen molar-refractivity contribution in [2.75, 3.05) is 0 Å². The van der Waals surface area contributed by atoms with Crippen molar-refractivity contribution >= 4 is 18.2 Å². The molecule has 0 bridgehead atoms. The number of carbonyl (C=O) groups excluding carboxylic acids is 1. The lowest BCUT2D eigenvalue weighted by molar-refractivity contribution is -0.134. The maximum atomic E-state index is 10.8. The molecule has 2 saturated carbocycles. The Hall–Kier alpha value is -0.0400. The summed E-state index contributed by atoms with van der Waals surface area (Å²) in [5.41, 5.74) is 0.523. The minimum Gasteiger partial charge on any atom is -0.300 e. The van der Waals surface area contributed by atoms with Crippen molar-refractivity contribution in [2.24, 2.45) is 5.41 Å². The molecule has 0 radical (unpaired) electrons. The van der Waals surface area contributed by atoms with Gasteiger partial charge in [0, 0.05) is 12.8 Å². The third kappa shape index (κ3) is 1.58. The van der Waals surface area contributed by atoms with Crippen LogP contribution in [0.3, 0.4) is 0 Å². The van der Waals surface area contributed by atoms with Gasteiger partial charge in [0.25, 0.3) is 0 Å². The van der Waals surface area contributed by atoms with Crippen LogP contribution in [0.5, 0.6) is 0 Å². The van der Waals surface area contributed by atoms with E-state index in [4.69, 9.17) is 0 Å². The Morgan fingerprint density at radius 1 is 1.00 bits per heavy atom. The second kappa shape index (κ2) is 3.14. The average Bonchev–Trinajstić information content (AvgIpc) is 1.87. The third-order valence-electron chi connectivity index (χ3n) is 3.06. The molecule has 11 heavy (non-hydrogen) atoms. The zero-order valence-electron chi connectivity index (χ0n) is 6.77. The molecule has 0 N–H and O–H groups in total. The van der Waals surface area contributed by atoms with Crippen molar-refractivity contribution in [3.63, 3.8) is 0 Å². The van der Waals surface area contributed by atoms with Crippen LogP contribution in [0.25, 0.3) is 0 Å². The number of halogens is 1. The van der Waals surface area contributed by atoms with Crippen LogP contribution in [0.2, 0.25) is 0 Å². The highest BCUT2D eigenvalue weighted by molar-refractivity contribution is 5.86. The zero-order valence-corrected chi connectivity index (χ0v) is 7.58. The fraction of sp³-hybridized carbons (Fsp3) is 0.889. The number of carbonyl (C=O) groups is 1. The Morgan fingerprint density at radius 2 is 1.55 bits per heavy atom. The van der Waals surface area contributed by atoms with Crippen LogP contribution >= 0.6 is 12.4 Å². The van der Waals surface area contributed by atoms with Gasteiger partial charge in [-0.25, -0.2) is 0 Å². The van der Waals surface area contributed by atoms with Crippen LogP contribution in [0.1, 0.15) is 44.9 Å². The number of rotatable bonds is 0. The minimum absolute atomic E-state index is 0. The van der Waals surface area contributed by atoms with E-state index in [0.29, 0.717) is 11.2 Å². The Labute approximate surface area is 74.0 Å². The van der Waals surface area contributed by atoms with Gasteiger partial charge in [-0.2, -0.15) is 0 Å². The van der Waals surface area contributed by atoms with E-state index in [9.17, 15) is 4.79 Å². The van der Waals surface area contributed by atoms with Crippen LogP contribution in [0.15, 0.2) is 0 Å². The number of ketones is 1. The highest BCUT2D eigenvalue weighted by Gasteiger charge is 2.43. The number of hydrogen-bond donors (Lipinski definition) is 0. The van der Waals surface area contributed by atoms with Gasteiger partial charge in [-0.05, 0) is 18.3 Å². The Balaban J connectivity index is 0.000000605. The van der Waals surface area contributed by atoms with Crippen LogP contribution < -0.4 is 0 Å². The van der Waals surface area contributed by atoms with Gasteiger partial charge in [0.15, 0.2) is 0 Å². The van der Waals surface area contributed by atoms with E-state index >= 15 is 0 Å². The van der Waals surface area contributed by atoms with E-state index in [1.165, 1.54) is 32.1 Å². The molecule has 2 aliphatic rings. The van der Waals surface area contributed by atoms with Crippen molar-refractivity contribution in [2.45, 2.75) is 44.9 Å². The molecule has 2 fully saturated rings. The lowest BCUT2D eigenvalue weighted by Gasteiger charge is -2.43. The summed E-state index contributed by atoms with van der Waals surface area (Å²) in [4.78, 5) is 10.8. The maximum absolute atomic E-state index is 10.8. The summed E-state index contributed by atoms with van der Waals surface area (Å²) in [6.45, 7) is 0. The average molecular weight is 175 g/mol. The highest BCUT2D eigenvalue weighted by Crippen LogP contribution is 2.49. The van der Waals surface area contributed by atoms with Gasteiger partial charge < -0.3 is 0 Å². The fourth-order valence-corrected chi connectivity index (χ4v) is 2.44. The van der Waals surface area contributed by atoms with Crippen LogP contribution in [0, 0.1) is 5.41 Å². The molecule has 0 amide bonds. The molecule has 1 spiro atoms. The molecule has 0 heterocycles. The monoisotopic (exact) mass is 174 g/mol. The van der Waals surface area contributed by atoms with Crippen LogP contribution in [-0.2, 0) is 4.79 Å². The van der Waals surface area contributed by atoms with E-state index in [-0.39, 0.29) is 12.4 Å². The third-order valence-corrected chi connectivity index (χ3v) is 3.06.